The number of benzene rings is 3. The second-order valence-electron chi connectivity index (χ2n) is 7.97. The molecular weight excluding hydrogens is 384 g/mol. The summed E-state index contributed by atoms with van der Waals surface area (Å²) >= 11 is 0. The summed E-state index contributed by atoms with van der Waals surface area (Å²) in [6.07, 6.45) is 9.01. The minimum Gasteiger partial charge on any atom is -0.507 e. The second kappa shape index (κ2) is 12.0. The van der Waals surface area contributed by atoms with Crippen LogP contribution >= 0.6 is 0 Å². The summed E-state index contributed by atoms with van der Waals surface area (Å²) in [5.74, 6) is 0.490. The molecule has 0 unspecified atom stereocenters. The van der Waals surface area contributed by atoms with Crippen LogP contribution < -0.4 is 9.47 Å². The highest BCUT2D eigenvalue weighted by Crippen LogP contribution is 2.40. The highest BCUT2D eigenvalue weighted by Gasteiger charge is 2.39. The van der Waals surface area contributed by atoms with Crippen molar-refractivity contribution in [1.82, 2.24) is 0 Å². The molecule has 0 aliphatic rings. The molecule has 0 spiro atoms. The molecule has 0 saturated heterocycles. The maximum absolute atomic E-state index is 10.7. The Kier molecular flexibility index (Phi) is 8.84. The van der Waals surface area contributed by atoms with Gasteiger partial charge >= 0.3 is 0 Å². The Labute approximate surface area is 186 Å². The van der Waals surface area contributed by atoms with Gasteiger partial charge in [0.2, 0.25) is 0 Å². The molecule has 3 aromatic rings. The normalized spacial score (nSPS) is 11.3. The standard InChI is InChI=1S/C28H34O3/c1-2-3-4-5-6-7-16-23-28(26-21-14-15-22-27(26)29,30-24-17-10-8-11-18-24)31-25-19-12-9-13-20-25/h8-15,17-22,29H,2-7,16,23H2,1H3. The monoisotopic (exact) mass is 418 g/mol. The second-order valence-corrected chi connectivity index (χ2v) is 7.97. The van der Waals surface area contributed by atoms with Crippen LogP contribution in [0.4, 0.5) is 0 Å². The van der Waals surface area contributed by atoms with E-state index in [2.05, 4.69) is 6.92 Å². The first-order valence-electron chi connectivity index (χ1n) is 11.5. The minimum absolute atomic E-state index is 0.178. The van der Waals surface area contributed by atoms with Crippen LogP contribution in [0.1, 0.15) is 63.9 Å². The predicted molar refractivity (Wildman–Crippen MR) is 127 cm³/mol. The fraction of sp³-hybridized carbons (Fsp3) is 0.357. The highest BCUT2D eigenvalue weighted by molar-refractivity contribution is 5.38. The van der Waals surface area contributed by atoms with Crippen molar-refractivity contribution in [3.63, 3.8) is 0 Å². The van der Waals surface area contributed by atoms with Gasteiger partial charge in [0.15, 0.2) is 0 Å². The van der Waals surface area contributed by atoms with E-state index in [9.17, 15) is 5.11 Å². The van der Waals surface area contributed by atoms with Crippen molar-refractivity contribution in [2.75, 3.05) is 0 Å². The van der Waals surface area contributed by atoms with Crippen LogP contribution in [-0.4, -0.2) is 5.11 Å². The third-order valence-corrected chi connectivity index (χ3v) is 5.48. The fourth-order valence-corrected chi connectivity index (χ4v) is 3.84. The molecule has 0 heterocycles. The van der Waals surface area contributed by atoms with Crippen molar-refractivity contribution < 1.29 is 14.6 Å². The Morgan fingerprint density at radius 3 is 1.65 bits per heavy atom. The van der Waals surface area contributed by atoms with Gasteiger partial charge in [0.25, 0.3) is 5.79 Å². The van der Waals surface area contributed by atoms with Crippen molar-refractivity contribution in [3.05, 3.63) is 90.5 Å². The summed E-state index contributed by atoms with van der Waals surface area (Å²) < 4.78 is 13.1. The smallest absolute Gasteiger partial charge is 0.281 e. The van der Waals surface area contributed by atoms with E-state index >= 15 is 0 Å². The first kappa shape index (κ1) is 22.7. The SMILES string of the molecule is CCCCCCCCCC(Oc1ccccc1)(Oc1ccccc1)c1ccccc1O. The summed E-state index contributed by atoms with van der Waals surface area (Å²) in [6.45, 7) is 2.24. The van der Waals surface area contributed by atoms with E-state index in [0.29, 0.717) is 23.5 Å². The highest BCUT2D eigenvalue weighted by atomic mass is 16.7. The number of phenolic OH excluding ortho intramolecular Hbond substituents is 1. The lowest BCUT2D eigenvalue weighted by atomic mass is 9.96. The molecule has 3 rings (SSSR count). The number of hydrogen-bond acceptors (Lipinski definition) is 3. The zero-order valence-corrected chi connectivity index (χ0v) is 18.5. The summed E-state index contributed by atoms with van der Waals surface area (Å²) in [5, 5.41) is 10.7. The number of rotatable bonds is 13. The molecule has 164 valence electrons. The molecule has 3 nitrogen and oxygen atoms in total. The van der Waals surface area contributed by atoms with Crippen LogP contribution in [-0.2, 0) is 5.79 Å². The summed E-state index contributed by atoms with van der Waals surface area (Å²) in [7, 11) is 0. The van der Waals surface area contributed by atoms with Gasteiger partial charge in [-0.2, -0.15) is 0 Å². The van der Waals surface area contributed by atoms with Gasteiger partial charge in [0.05, 0.1) is 5.56 Å². The lowest BCUT2D eigenvalue weighted by molar-refractivity contribution is -0.130. The molecule has 0 aromatic heterocycles. The predicted octanol–water partition coefficient (Wildman–Crippen LogP) is 7.84. The molecular formula is C28H34O3. The van der Waals surface area contributed by atoms with Crippen LogP contribution in [0.25, 0.3) is 0 Å². The number of phenols is 1. The number of unbranched alkanes of at least 4 members (excludes halogenated alkanes) is 6. The number of para-hydroxylation sites is 3. The van der Waals surface area contributed by atoms with E-state index in [4.69, 9.17) is 9.47 Å². The first-order chi connectivity index (χ1) is 15.2. The van der Waals surface area contributed by atoms with Crippen LogP contribution in [0.2, 0.25) is 0 Å². The van der Waals surface area contributed by atoms with Crippen LogP contribution in [0.3, 0.4) is 0 Å². The van der Waals surface area contributed by atoms with Crippen molar-refractivity contribution in [2.45, 2.75) is 64.1 Å². The van der Waals surface area contributed by atoms with Gasteiger partial charge in [-0.1, -0.05) is 94.0 Å². The molecule has 1 N–H and O–H groups in total. The number of aromatic hydroxyl groups is 1. The van der Waals surface area contributed by atoms with Crippen molar-refractivity contribution in [1.29, 1.82) is 0 Å². The van der Waals surface area contributed by atoms with Gasteiger partial charge < -0.3 is 14.6 Å². The van der Waals surface area contributed by atoms with E-state index < -0.39 is 5.79 Å². The largest absolute Gasteiger partial charge is 0.507 e. The van der Waals surface area contributed by atoms with Crippen molar-refractivity contribution in [2.24, 2.45) is 0 Å². The van der Waals surface area contributed by atoms with E-state index in [1.807, 2.05) is 78.9 Å². The van der Waals surface area contributed by atoms with Crippen LogP contribution in [0, 0.1) is 0 Å². The van der Waals surface area contributed by atoms with E-state index in [0.717, 1.165) is 12.8 Å². The van der Waals surface area contributed by atoms with Gasteiger partial charge in [-0.3, -0.25) is 0 Å². The molecule has 0 saturated carbocycles. The van der Waals surface area contributed by atoms with Crippen molar-refractivity contribution >= 4 is 0 Å². The van der Waals surface area contributed by atoms with Crippen LogP contribution in [0.5, 0.6) is 17.2 Å². The molecule has 0 bridgehead atoms. The number of ether oxygens (including phenoxy) is 2. The maximum atomic E-state index is 10.7. The summed E-state index contributed by atoms with van der Waals surface area (Å²) in [6, 6.07) is 26.7. The average Bonchev–Trinajstić information content (AvgIpc) is 2.80. The lowest BCUT2D eigenvalue weighted by Crippen LogP contribution is -2.39. The average molecular weight is 419 g/mol. The Bertz CT molecular complexity index is 836. The Balaban J connectivity index is 1.87. The Morgan fingerprint density at radius 1 is 0.613 bits per heavy atom. The molecule has 3 heteroatoms. The molecule has 31 heavy (non-hydrogen) atoms. The molecule has 0 amide bonds. The fourth-order valence-electron chi connectivity index (χ4n) is 3.84. The Hall–Kier alpha value is -2.94. The summed E-state index contributed by atoms with van der Waals surface area (Å²) in [4.78, 5) is 0. The molecule has 0 fully saturated rings. The zero-order chi connectivity index (χ0) is 21.8. The van der Waals surface area contributed by atoms with E-state index in [1.165, 1.54) is 32.1 Å². The van der Waals surface area contributed by atoms with Gasteiger partial charge in [-0.25, -0.2) is 0 Å². The Morgan fingerprint density at radius 2 is 1.10 bits per heavy atom. The molecule has 3 aromatic carbocycles. The van der Waals surface area contributed by atoms with E-state index in [1.54, 1.807) is 6.07 Å². The molecule has 0 atom stereocenters. The number of hydrogen-bond donors (Lipinski definition) is 1. The van der Waals surface area contributed by atoms with Crippen LogP contribution in [0.15, 0.2) is 84.9 Å². The van der Waals surface area contributed by atoms with Gasteiger partial charge in [0, 0.05) is 6.42 Å². The molecule has 0 radical (unpaired) electrons. The minimum atomic E-state index is -1.11. The van der Waals surface area contributed by atoms with E-state index in [-0.39, 0.29) is 5.75 Å². The van der Waals surface area contributed by atoms with Crippen molar-refractivity contribution in [3.8, 4) is 17.2 Å². The zero-order valence-electron chi connectivity index (χ0n) is 18.5. The third-order valence-electron chi connectivity index (χ3n) is 5.48. The summed E-state index contributed by atoms with van der Waals surface area (Å²) in [5.41, 5.74) is 0.647. The molecule has 0 aliphatic carbocycles. The topological polar surface area (TPSA) is 38.7 Å². The lowest BCUT2D eigenvalue weighted by Gasteiger charge is -2.35. The first-order valence-corrected chi connectivity index (χ1v) is 11.5. The van der Waals surface area contributed by atoms with Gasteiger partial charge in [-0.15, -0.1) is 0 Å². The van der Waals surface area contributed by atoms with Gasteiger partial charge in [0.1, 0.15) is 17.2 Å². The third kappa shape index (κ3) is 6.78. The quantitative estimate of drug-likeness (QED) is 0.227. The van der Waals surface area contributed by atoms with Gasteiger partial charge in [-0.05, 0) is 42.8 Å². The molecule has 0 aliphatic heterocycles. The maximum Gasteiger partial charge on any atom is 0.281 e.